The second-order valence-corrected chi connectivity index (χ2v) is 5.79. The lowest BCUT2D eigenvalue weighted by molar-refractivity contribution is -0.138. The number of hydrogen-bond acceptors (Lipinski definition) is 9. The molecule has 1 aromatic rings. The summed E-state index contributed by atoms with van der Waals surface area (Å²) in [6.07, 6.45) is 0.873. The second-order valence-electron chi connectivity index (χ2n) is 5.79. The number of urea groups is 1. The summed E-state index contributed by atoms with van der Waals surface area (Å²) in [5, 5.41) is 22.6. The van der Waals surface area contributed by atoms with E-state index in [-0.39, 0.29) is 12.5 Å². The van der Waals surface area contributed by atoms with E-state index >= 15 is 0 Å². The van der Waals surface area contributed by atoms with Gasteiger partial charge < -0.3 is 32.5 Å². The summed E-state index contributed by atoms with van der Waals surface area (Å²) >= 11 is 0. The van der Waals surface area contributed by atoms with Crippen molar-refractivity contribution in [1.29, 1.82) is 0 Å². The Morgan fingerprint density at radius 1 is 1.37 bits per heavy atom. The van der Waals surface area contributed by atoms with Crippen molar-refractivity contribution in [2.45, 2.75) is 24.9 Å². The highest BCUT2D eigenvalue weighted by molar-refractivity contribution is 6.06. The highest BCUT2D eigenvalue weighted by Gasteiger charge is 2.38. The Hall–Kier alpha value is -3.42. The number of nitrogens with one attached hydrogen (secondary N) is 4. The van der Waals surface area contributed by atoms with Gasteiger partial charge in [-0.3, -0.25) is 19.3 Å². The number of amides is 4. The summed E-state index contributed by atoms with van der Waals surface area (Å²) in [5.74, 6) is -1.98. The molecule has 1 fully saturated rings. The Balaban J connectivity index is 1.73. The third-order valence-corrected chi connectivity index (χ3v) is 3.70. The zero-order chi connectivity index (χ0) is 20.0. The SMILES string of the molecule is Nc1nc(NCCC[C@@H]2NC(=O)N(CC(=O)NC[C@H](N)C(=O)O)C2=O)n[nH]1. The number of rotatable bonds is 10. The molecule has 0 saturated carbocycles. The minimum absolute atomic E-state index is 0.175. The zero-order valence-corrected chi connectivity index (χ0v) is 14.3. The molecule has 1 aliphatic rings. The van der Waals surface area contributed by atoms with Gasteiger partial charge in [0.1, 0.15) is 18.6 Å². The summed E-state index contributed by atoms with van der Waals surface area (Å²) in [4.78, 5) is 51.1. The van der Waals surface area contributed by atoms with E-state index in [9.17, 15) is 19.2 Å². The van der Waals surface area contributed by atoms with Gasteiger partial charge in [-0.1, -0.05) is 0 Å². The number of carboxylic acid groups (broad SMARTS) is 1. The molecule has 4 amide bonds. The van der Waals surface area contributed by atoms with Crippen molar-refractivity contribution < 1.29 is 24.3 Å². The maximum atomic E-state index is 12.2. The van der Waals surface area contributed by atoms with Crippen molar-refractivity contribution in [3.8, 4) is 0 Å². The number of H-pyrrole nitrogens is 1. The van der Waals surface area contributed by atoms with Crippen LogP contribution in [0.1, 0.15) is 12.8 Å². The molecule has 14 heteroatoms. The number of aromatic nitrogens is 3. The van der Waals surface area contributed by atoms with E-state index in [0.717, 1.165) is 4.90 Å². The van der Waals surface area contributed by atoms with E-state index < -0.39 is 42.4 Å². The number of carbonyl (C=O) groups excluding carboxylic acids is 3. The first kappa shape index (κ1) is 19.9. The molecule has 0 bridgehead atoms. The third-order valence-electron chi connectivity index (χ3n) is 3.70. The smallest absolute Gasteiger partial charge is 0.325 e. The van der Waals surface area contributed by atoms with Crippen LogP contribution in [0.2, 0.25) is 0 Å². The predicted molar refractivity (Wildman–Crippen MR) is 91.2 cm³/mol. The van der Waals surface area contributed by atoms with Crippen molar-refractivity contribution >= 4 is 35.7 Å². The van der Waals surface area contributed by atoms with Crippen molar-refractivity contribution in [2.75, 3.05) is 30.7 Å². The Morgan fingerprint density at radius 3 is 2.74 bits per heavy atom. The first-order valence-electron chi connectivity index (χ1n) is 8.06. The van der Waals surface area contributed by atoms with Crippen LogP contribution in [0.5, 0.6) is 0 Å². The number of hydrogen-bond donors (Lipinski definition) is 7. The van der Waals surface area contributed by atoms with E-state index in [2.05, 4.69) is 31.1 Å². The van der Waals surface area contributed by atoms with Crippen molar-refractivity contribution in [2.24, 2.45) is 5.73 Å². The number of nitrogen functional groups attached to an aromatic ring is 1. The van der Waals surface area contributed by atoms with Gasteiger partial charge in [0.2, 0.25) is 17.8 Å². The molecule has 0 spiro atoms. The number of nitrogens with two attached hydrogens (primary N) is 2. The van der Waals surface area contributed by atoms with Gasteiger partial charge in [-0.05, 0) is 12.8 Å². The summed E-state index contributed by atoms with van der Waals surface area (Å²) in [6.45, 7) is -0.370. The minimum Gasteiger partial charge on any atom is -0.480 e. The van der Waals surface area contributed by atoms with E-state index in [0.29, 0.717) is 25.3 Å². The molecule has 0 unspecified atom stereocenters. The largest absolute Gasteiger partial charge is 0.480 e. The molecule has 1 aromatic heterocycles. The molecule has 1 saturated heterocycles. The summed E-state index contributed by atoms with van der Waals surface area (Å²) in [7, 11) is 0. The maximum absolute atomic E-state index is 12.2. The molecule has 0 aliphatic carbocycles. The van der Waals surface area contributed by atoms with Crippen LogP contribution in [-0.4, -0.2) is 80.7 Å². The quantitative estimate of drug-likeness (QED) is 0.160. The zero-order valence-electron chi connectivity index (χ0n) is 14.3. The lowest BCUT2D eigenvalue weighted by Gasteiger charge is -2.14. The number of imide groups is 1. The van der Waals surface area contributed by atoms with Crippen LogP contribution >= 0.6 is 0 Å². The predicted octanol–water partition coefficient (Wildman–Crippen LogP) is -2.97. The van der Waals surface area contributed by atoms with Gasteiger partial charge >= 0.3 is 12.0 Å². The fourth-order valence-corrected chi connectivity index (χ4v) is 2.29. The van der Waals surface area contributed by atoms with Crippen LogP contribution in [0.4, 0.5) is 16.7 Å². The van der Waals surface area contributed by atoms with E-state index in [4.69, 9.17) is 16.6 Å². The van der Waals surface area contributed by atoms with Gasteiger partial charge in [-0.25, -0.2) is 9.89 Å². The molecule has 148 valence electrons. The summed E-state index contributed by atoms with van der Waals surface area (Å²) in [5.41, 5.74) is 10.7. The number of nitrogens with zero attached hydrogens (tertiary/aromatic N) is 3. The van der Waals surface area contributed by atoms with Crippen molar-refractivity contribution in [3.63, 3.8) is 0 Å². The molecule has 27 heavy (non-hydrogen) atoms. The van der Waals surface area contributed by atoms with Gasteiger partial charge in [0, 0.05) is 13.1 Å². The van der Waals surface area contributed by atoms with Crippen molar-refractivity contribution in [1.82, 2.24) is 30.7 Å². The van der Waals surface area contributed by atoms with Crippen LogP contribution in [0, 0.1) is 0 Å². The molecule has 0 aromatic carbocycles. The minimum atomic E-state index is -1.27. The fourth-order valence-electron chi connectivity index (χ4n) is 2.29. The highest BCUT2D eigenvalue weighted by Crippen LogP contribution is 2.11. The maximum Gasteiger partial charge on any atom is 0.325 e. The number of aromatic amines is 1. The molecule has 2 atom stereocenters. The molecule has 0 radical (unpaired) electrons. The number of carbonyl (C=O) groups is 4. The van der Waals surface area contributed by atoms with Gasteiger partial charge in [-0.2, -0.15) is 4.98 Å². The Kier molecular flexibility index (Phi) is 6.48. The van der Waals surface area contributed by atoms with Gasteiger partial charge in [0.05, 0.1) is 0 Å². The van der Waals surface area contributed by atoms with Crippen LogP contribution in [0.3, 0.4) is 0 Å². The van der Waals surface area contributed by atoms with E-state index in [1.807, 2.05) is 0 Å². The molecule has 14 nitrogen and oxygen atoms in total. The lowest BCUT2D eigenvalue weighted by atomic mass is 10.1. The summed E-state index contributed by atoms with van der Waals surface area (Å²) < 4.78 is 0. The van der Waals surface area contributed by atoms with Crippen LogP contribution < -0.4 is 27.4 Å². The monoisotopic (exact) mass is 383 g/mol. The molecular weight excluding hydrogens is 362 g/mol. The highest BCUT2D eigenvalue weighted by atomic mass is 16.4. The average molecular weight is 383 g/mol. The van der Waals surface area contributed by atoms with Gasteiger partial charge in [-0.15, -0.1) is 5.10 Å². The topological polar surface area (TPSA) is 221 Å². The fraction of sp³-hybridized carbons (Fsp3) is 0.538. The molecule has 2 heterocycles. The molecule has 9 N–H and O–H groups in total. The molecule has 1 aliphatic heterocycles. The normalized spacial score (nSPS) is 17.5. The first-order valence-corrected chi connectivity index (χ1v) is 8.06. The Morgan fingerprint density at radius 2 is 2.11 bits per heavy atom. The Bertz CT molecular complexity index is 721. The first-order chi connectivity index (χ1) is 12.8. The second kappa shape index (κ2) is 8.79. The van der Waals surface area contributed by atoms with Crippen LogP contribution in [-0.2, 0) is 14.4 Å². The van der Waals surface area contributed by atoms with Crippen LogP contribution in [0.25, 0.3) is 0 Å². The van der Waals surface area contributed by atoms with Crippen molar-refractivity contribution in [3.05, 3.63) is 0 Å². The van der Waals surface area contributed by atoms with E-state index in [1.54, 1.807) is 0 Å². The van der Waals surface area contributed by atoms with Crippen LogP contribution in [0.15, 0.2) is 0 Å². The third kappa shape index (κ3) is 5.53. The molecular formula is C13H21N9O5. The summed E-state index contributed by atoms with van der Waals surface area (Å²) in [6, 6.07) is -2.69. The number of anilines is 2. The number of carboxylic acids is 1. The average Bonchev–Trinajstić information content (AvgIpc) is 3.14. The Labute approximate surface area is 153 Å². The van der Waals surface area contributed by atoms with E-state index in [1.165, 1.54) is 0 Å². The number of aliphatic carboxylic acids is 1. The lowest BCUT2D eigenvalue weighted by Crippen LogP contribution is -2.46. The van der Waals surface area contributed by atoms with Gasteiger partial charge in [0.25, 0.3) is 5.91 Å². The van der Waals surface area contributed by atoms with Gasteiger partial charge in [0.15, 0.2) is 0 Å². The molecule has 2 rings (SSSR count). The standard InChI is InChI=1S/C13H21N9O5/c14-6(10(25)26)4-17-8(23)5-22-9(24)7(18-13(22)27)2-1-3-16-12-19-11(15)20-21-12/h6-7H,1-5,14H2,(H,17,23)(H,18,27)(H,25,26)(H4,15,16,19,20,21)/t6-,7-/m0/s1.